The Morgan fingerprint density at radius 3 is 0.898 bits per heavy atom. The molecule has 19 rings (SSSR count). The van der Waals surface area contributed by atoms with E-state index in [1.165, 1.54) is 0 Å². The van der Waals surface area contributed by atoms with Gasteiger partial charge in [-0.25, -0.2) is 0 Å². The highest BCUT2D eigenvalue weighted by Crippen LogP contribution is 2.51. The van der Waals surface area contributed by atoms with Gasteiger partial charge in [-0.05, 0) is 107 Å². The fourth-order valence-electron chi connectivity index (χ4n) is 14.7. The Hall–Kier alpha value is -12.4. The predicted molar refractivity (Wildman–Crippen MR) is 359 cm³/mol. The largest absolute Gasteiger partial charge is 0.456 e. The van der Waals surface area contributed by atoms with Crippen LogP contribution in [0, 0.1) is 22.7 Å². The Bertz CT molecular complexity index is 5940. The van der Waals surface area contributed by atoms with Gasteiger partial charge in [-0.1, -0.05) is 182 Å². The molecule has 88 heavy (non-hydrogen) atoms. The van der Waals surface area contributed by atoms with Crippen LogP contribution in [-0.2, 0) is 0 Å². The van der Waals surface area contributed by atoms with E-state index in [4.69, 9.17) is 8.83 Å². The van der Waals surface area contributed by atoms with E-state index in [-0.39, 0.29) is 11.1 Å². The zero-order valence-electron chi connectivity index (χ0n) is 46.9. The standard InChI is InChI=1S/C80H44N6O2/c81-45-63-64(46-82)78(86-68-32-16-10-26-54(68)60-44-76-62(42-72(60)86)56-28-12-18-34-74(56)88-76)80(84-66-30-14-8-24-52(66)58-40-50(36-38-70(58)84)48-21-5-2-6-22-48)79(83-65-29-13-7-23-51(65)57-39-49(35-37-69(57)83)47-19-3-1-4-20-47)77(63)85-67-31-15-9-25-53(67)59-43-75-61(41-71(59)85)55-27-11-17-33-73(55)87-75/h1-44H. The monoisotopic (exact) mass is 1120 g/mol. The van der Waals surface area contributed by atoms with E-state index in [2.05, 4.69) is 261 Å². The average molecular weight is 1120 g/mol. The Morgan fingerprint density at radius 1 is 0.216 bits per heavy atom. The number of hydrogen-bond donors (Lipinski definition) is 0. The van der Waals surface area contributed by atoms with Gasteiger partial charge in [0.1, 0.15) is 34.5 Å². The first-order chi connectivity index (χ1) is 43.6. The molecule has 0 amide bonds. The number of fused-ring (bicyclic) bond motifs is 18. The van der Waals surface area contributed by atoms with Crippen molar-refractivity contribution in [2.24, 2.45) is 0 Å². The zero-order valence-corrected chi connectivity index (χ0v) is 46.9. The summed E-state index contributed by atoms with van der Waals surface area (Å²) in [5, 5.41) is 37.2. The summed E-state index contributed by atoms with van der Waals surface area (Å²) in [5.74, 6) is 0. The number of aromatic nitrogens is 4. The molecular formula is C80H44N6O2. The van der Waals surface area contributed by atoms with Crippen molar-refractivity contribution < 1.29 is 8.83 Å². The molecule has 0 aliphatic carbocycles. The van der Waals surface area contributed by atoms with E-state index in [1.807, 2.05) is 36.4 Å². The van der Waals surface area contributed by atoms with E-state index >= 15 is 0 Å². The predicted octanol–water partition coefficient (Wildman–Crippen LogP) is 21.0. The number of furan rings is 2. The lowest BCUT2D eigenvalue weighted by Gasteiger charge is -2.27. The molecule has 0 unspecified atom stereocenters. The summed E-state index contributed by atoms with van der Waals surface area (Å²) in [5.41, 5.74) is 17.5. The van der Waals surface area contributed by atoms with Crippen molar-refractivity contribution in [3.63, 3.8) is 0 Å². The van der Waals surface area contributed by atoms with Crippen molar-refractivity contribution >= 4 is 131 Å². The second-order valence-corrected chi connectivity index (χ2v) is 22.9. The molecule has 0 aliphatic rings. The minimum Gasteiger partial charge on any atom is -0.456 e. The molecule has 0 N–H and O–H groups in total. The van der Waals surface area contributed by atoms with Crippen LogP contribution in [-0.4, -0.2) is 18.3 Å². The van der Waals surface area contributed by atoms with Crippen molar-refractivity contribution in [3.05, 3.63) is 278 Å². The topological polar surface area (TPSA) is 93.6 Å². The molecule has 0 spiro atoms. The maximum atomic E-state index is 12.7. The lowest BCUT2D eigenvalue weighted by Crippen LogP contribution is -2.17. The third-order valence-corrected chi connectivity index (χ3v) is 18.4. The van der Waals surface area contributed by atoms with Gasteiger partial charge >= 0.3 is 0 Å². The van der Waals surface area contributed by atoms with E-state index in [0.717, 1.165) is 153 Å². The summed E-state index contributed by atoms with van der Waals surface area (Å²) in [7, 11) is 0. The van der Waals surface area contributed by atoms with Gasteiger partial charge in [-0.3, -0.25) is 0 Å². The highest BCUT2D eigenvalue weighted by molar-refractivity contribution is 6.21. The highest BCUT2D eigenvalue weighted by atomic mass is 16.3. The molecular weight excluding hydrogens is 1080 g/mol. The summed E-state index contributed by atoms with van der Waals surface area (Å²) in [6.45, 7) is 0. The Labute approximate surface area is 501 Å². The van der Waals surface area contributed by atoms with E-state index in [0.29, 0.717) is 22.7 Å². The molecule has 0 radical (unpaired) electrons. The molecule has 0 atom stereocenters. The van der Waals surface area contributed by atoms with Crippen molar-refractivity contribution in [1.29, 1.82) is 10.5 Å². The summed E-state index contributed by atoms with van der Waals surface area (Å²) < 4.78 is 22.6. The SMILES string of the molecule is N#Cc1c(C#N)c(-n2c3ccccc3c3cc4oc5ccccc5c4cc32)c(-n2c3ccccc3c3cc(-c4ccccc4)ccc32)c(-n2c3ccccc3c3cc(-c4ccccc4)ccc32)c1-n1c2ccccc2c2cc3oc4ccccc4c3cc21. The molecule has 0 saturated carbocycles. The molecule has 0 bridgehead atoms. The van der Waals surface area contributed by atoms with E-state index in [9.17, 15) is 10.5 Å². The lowest BCUT2D eigenvalue weighted by molar-refractivity contribution is 0.669. The number of nitrogens with zero attached hydrogens (tertiary/aromatic N) is 6. The Balaban J connectivity index is 1.10. The van der Waals surface area contributed by atoms with E-state index < -0.39 is 0 Å². The minimum absolute atomic E-state index is 0.218. The maximum absolute atomic E-state index is 12.7. The van der Waals surface area contributed by atoms with Gasteiger partial charge < -0.3 is 27.1 Å². The number of rotatable bonds is 6. The van der Waals surface area contributed by atoms with Crippen molar-refractivity contribution in [1.82, 2.24) is 18.3 Å². The molecule has 8 nitrogen and oxygen atoms in total. The summed E-state index contributed by atoms with van der Waals surface area (Å²) in [6, 6.07) is 99.3. The van der Waals surface area contributed by atoms with Gasteiger partial charge in [0.2, 0.25) is 0 Å². The number of benzene rings is 13. The zero-order chi connectivity index (χ0) is 57.9. The normalized spacial score (nSPS) is 12.1. The summed E-state index contributed by atoms with van der Waals surface area (Å²) in [4.78, 5) is 0. The number of hydrogen-bond acceptors (Lipinski definition) is 4. The molecule has 0 saturated heterocycles. The second kappa shape index (κ2) is 18.1. The van der Waals surface area contributed by atoms with Gasteiger partial charge in [0.15, 0.2) is 0 Å². The third kappa shape index (κ3) is 6.55. The van der Waals surface area contributed by atoms with Gasteiger partial charge in [0.25, 0.3) is 0 Å². The van der Waals surface area contributed by atoms with E-state index in [1.54, 1.807) is 0 Å². The molecule has 6 aromatic heterocycles. The summed E-state index contributed by atoms with van der Waals surface area (Å²) >= 11 is 0. The maximum Gasteiger partial charge on any atom is 0.136 e. The average Bonchev–Trinajstić information content (AvgIpc) is 1.48. The van der Waals surface area contributed by atoms with Crippen LogP contribution in [0.1, 0.15) is 11.1 Å². The Kier molecular flexibility index (Phi) is 9.87. The highest BCUT2D eigenvalue weighted by Gasteiger charge is 2.35. The van der Waals surface area contributed by atoms with Crippen LogP contribution in [0.25, 0.3) is 176 Å². The molecule has 0 fully saturated rings. The van der Waals surface area contributed by atoms with Crippen molar-refractivity contribution in [2.75, 3.05) is 0 Å². The first-order valence-electron chi connectivity index (χ1n) is 29.5. The minimum atomic E-state index is 0.218. The summed E-state index contributed by atoms with van der Waals surface area (Å²) in [6.07, 6.45) is 0. The lowest BCUT2D eigenvalue weighted by atomic mass is 9.98. The first-order valence-corrected chi connectivity index (χ1v) is 29.5. The number of para-hydroxylation sites is 6. The molecule has 13 aromatic carbocycles. The van der Waals surface area contributed by atoms with Crippen LogP contribution in [0.2, 0.25) is 0 Å². The van der Waals surface area contributed by atoms with Crippen LogP contribution in [0.4, 0.5) is 0 Å². The third-order valence-electron chi connectivity index (χ3n) is 18.4. The molecule has 406 valence electrons. The second-order valence-electron chi connectivity index (χ2n) is 22.9. The molecule has 19 aromatic rings. The fraction of sp³-hybridized carbons (Fsp3) is 0. The van der Waals surface area contributed by atoms with Crippen LogP contribution >= 0.6 is 0 Å². The molecule has 0 aliphatic heterocycles. The van der Waals surface area contributed by atoms with Gasteiger partial charge in [0.05, 0.1) is 78.0 Å². The smallest absolute Gasteiger partial charge is 0.136 e. The van der Waals surface area contributed by atoms with Crippen LogP contribution in [0.15, 0.2) is 276 Å². The van der Waals surface area contributed by atoms with Crippen LogP contribution in [0.5, 0.6) is 0 Å². The number of nitriles is 2. The van der Waals surface area contributed by atoms with Gasteiger partial charge in [-0.2, -0.15) is 10.5 Å². The van der Waals surface area contributed by atoms with Gasteiger partial charge in [0, 0.05) is 64.6 Å². The first kappa shape index (κ1) is 48.1. The van der Waals surface area contributed by atoms with Crippen molar-refractivity contribution in [3.8, 4) is 57.1 Å². The fourth-order valence-corrected chi connectivity index (χ4v) is 14.7. The van der Waals surface area contributed by atoms with Gasteiger partial charge in [-0.15, -0.1) is 0 Å². The quantitative estimate of drug-likeness (QED) is 0.166. The molecule has 8 heteroatoms. The Morgan fingerprint density at radius 2 is 0.523 bits per heavy atom. The van der Waals surface area contributed by atoms with Crippen LogP contribution < -0.4 is 0 Å². The molecule has 6 heterocycles. The van der Waals surface area contributed by atoms with Crippen molar-refractivity contribution in [2.45, 2.75) is 0 Å². The van der Waals surface area contributed by atoms with Crippen LogP contribution in [0.3, 0.4) is 0 Å².